The first-order valence-corrected chi connectivity index (χ1v) is 11.2. The largest absolute Gasteiger partial charge is 0.439 e. The van der Waals surface area contributed by atoms with Gasteiger partial charge in [-0.2, -0.15) is 5.10 Å². The van der Waals surface area contributed by atoms with Crippen LogP contribution in [0.25, 0.3) is 15.9 Å². The van der Waals surface area contributed by atoms with Crippen molar-refractivity contribution >= 4 is 33.0 Å². The maximum Gasteiger partial charge on any atom is 0.265 e. The van der Waals surface area contributed by atoms with Crippen LogP contribution in [0.5, 0.6) is 11.6 Å². The topological polar surface area (TPSA) is 81.9 Å². The Bertz CT molecular complexity index is 1440. The normalized spacial score (nSPS) is 11.0. The number of ether oxygens (including phenoxy) is 1. The van der Waals surface area contributed by atoms with Gasteiger partial charge in [-0.3, -0.25) is 4.79 Å². The molecule has 0 radical (unpaired) electrons. The van der Waals surface area contributed by atoms with E-state index >= 15 is 0 Å². The Balaban J connectivity index is 1.29. The number of benzene rings is 2. The molecule has 3 heterocycles. The number of thiophene rings is 1. The summed E-state index contributed by atoms with van der Waals surface area (Å²) in [6.45, 7) is 6.01. The lowest BCUT2D eigenvalue weighted by molar-refractivity contribution is 0.103. The summed E-state index contributed by atoms with van der Waals surface area (Å²) in [6, 6.07) is 18.8. The summed E-state index contributed by atoms with van der Waals surface area (Å²) in [7, 11) is 0. The second kappa shape index (κ2) is 8.48. The number of anilines is 1. The summed E-state index contributed by atoms with van der Waals surface area (Å²) in [5.74, 6) is 1.52. The van der Waals surface area contributed by atoms with Crippen molar-refractivity contribution in [1.82, 2.24) is 19.7 Å². The van der Waals surface area contributed by atoms with E-state index in [1.54, 1.807) is 35.0 Å². The van der Waals surface area contributed by atoms with Gasteiger partial charge in [0, 0.05) is 22.1 Å². The number of carbonyl (C=O) groups is 1. The monoisotopic (exact) mass is 455 g/mol. The van der Waals surface area contributed by atoms with Crippen molar-refractivity contribution in [2.75, 3.05) is 5.32 Å². The fourth-order valence-electron chi connectivity index (χ4n) is 3.46. The number of aromatic nitrogens is 4. The van der Waals surface area contributed by atoms with Gasteiger partial charge in [-0.25, -0.2) is 14.6 Å². The zero-order valence-electron chi connectivity index (χ0n) is 18.4. The van der Waals surface area contributed by atoms with E-state index in [0.29, 0.717) is 28.0 Å². The molecule has 0 unspecified atom stereocenters. The van der Waals surface area contributed by atoms with Crippen molar-refractivity contribution in [3.8, 4) is 17.4 Å². The highest BCUT2D eigenvalue weighted by atomic mass is 32.1. The summed E-state index contributed by atoms with van der Waals surface area (Å²) in [5.41, 5.74) is 3.80. The SMILES string of the molecule is Cc1nn(-c2cc(Oc3ccc(NC(=O)c4cc5ccccc5s4)cc3)ncn2)c(C)c1C. The van der Waals surface area contributed by atoms with Crippen molar-refractivity contribution in [2.24, 2.45) is 0 Å². The molecule has 0 fully saturated rings. The van der Waals surface area contributed by atoms with Crippen molar-refractivity contribution in [2.45, 2.75) is 20.8 Å². The molecule has 8 heteroatoms. The van der Waals surface area contributed by atoms with E-state index in [1.165, 1.54) is 17.7 Å². The van der Waals surface area contributed by atoms with E-state index < -0.39 is 0 Å². The quantitative estimate of drug-likeness (QED) is 0.360. The van der Waals surface area contributed by atoms with Gasteiger partial charge >= 0.3 is 0 Å². The zero-order valence-corrected chi connectivity index (χ0v) is 19.2. The number of amides is 1. The molecule has 0 aliphatic carbocycles. The molecule has 0 atom stereocenters. The highest BCUT2D eigenvalue weighted by Gasteiger charge is 2.13. The van der Waals surface area contributed by atoms with Gasteiger partial charge in [0.15, 0.2) is 5.82 Å². The van der Waals surface area contributed by atoms with Crippen LogP contribution in [-0.4, -0.2) is 25.7 Å². The minimum atomic E-state index is -0.134. The summed E-state index contributed by atoms with van der Waals surface area (Å²) in [6.07, 6.45) is 1.45. The summed E-state index contributed by atoms with van der Waals surface area (Å²) < 4.78 is 8.77. The summed E-state index contributed by atoms with van der Waals surface area (Å²) in [4.78, 5) is 21.8. The van der Waals surface area contributed by atoms with Gasteiger partial charge < -0.3 is 10.1 Å². The molecule has 0 aliphatic heterocycles. The molecule has 33 heavy (non-hydrogen) atoms. The third kappa shape index (κ3) is 4.20. The Labute approximate surface area is 194 Å². The van der Waals surface area contributed by atoms with Gasteiger partial charge in [0.05, 0.1) is 10.6 Å². The fraction of sp³-hybridized carbons (Fsp3) is 0.120. The highest BCUT2D eigenvalue weighted by molar-refractivity contribution is 7.20. The third-order valence-corrected chi connectivity index (χ3v) is 6.60. The number of nitrogens with zero attached hydrogens (tertiary/aromatic N) is 4. The molecular formula is C25H21N5O2S. The first-order chi connectivity index (χ1) is 16.0. The van der Waals surface area contributed by atoms with Crippen molar-refractivity contribution in [1.29, 1.82) is 0 Å². The second-order valence-corrected chi connectivity index (χ2v) is 8.73. The molecule has 164 valence electrons. The van der Waals surface area contributed by atoms with E-state index in [4.69, 9.17) is 4.74 Å². The summed E-state index contributed by atoms with van der Waals surface area (Å²) >= 11 is 1.47. The van der Waals surface area contributed by atoms with Gasteiger partial charge in [-0.15, -0.1) is 11.3 Å². The van der Waals surface area contributed by atoms with Crippen LogP contribution in [0.3, 0.4) is 0 Å². The molecule has 0 saturated heterocycles. The lowest BCUT2D eigenvalue weighted by Gasteiger charge is -2.08. The van der Waals surface area contributed by atoms with Crippen molar-refractivity contribution < 1.29 is 9.53 Å². The Morgan fingerprint density at radius 1 is 1.00 bits per heavy atom. The Morgan fingerprint density at radius 3 is 2.52 bits per heavy atom. The maximum absolute atomic E-state index is 12.6. The van der Waals surface area contributed by atoms with E-state index in [0.717, 1.165) is 27.0 Å². The van der Waals surface area contributed by atoms with Crippen LogP contribution in [0.15, 0.2) is 67.0 Å². The van der Waals surface area contributed by atoms with Gasteiger partial charge in [0.25, 0.3) is 5.91 Å². The number of hydrogen-bond donors (Lipinski definition) is 1. The van der Waals surface area contributed by atoms with Crippen LogP contribution >= 0.6 is 11.3 Å². The summed E-state index contributed by atoms with van der Waals surface area (Å²) in [5, 5.41) is 8.54. The number of carbonyl (C=O) groups excluding carboxylic acids is 1. The van der Waals surface area contributed by atoms with Crippen molar-refractivity contribution in [3.63, 3.8) is 0 Å². The number of hydrogen-bond acceptors (Lipinski definition) is 6. The van der Waals surface area contributed by atoms with Gasteiger partial charge in [0.2, 0.25) is 5.88 Å². The third-order valence-electron chi connectivity index (χ3n) is 5.48. The second-order valence-electron chi connectivity index (χ2n) is 7.65. The number of rotatable bonds is 5. The van der Waals surface area contributed by atoms with E-state index in [1.807, 2.05) is 51.1 Å². The Hall–Kier alpha value is -4.04. The molecule has 7 nitrogen and oxygen atoms in total. The average Bonchev–Trinajstić information content (AvgIpc) is 3.37. The highest BCUT2D eigenvalue weighted by Crippen LogP contribution is 2.27. The van der Waals surface area contributed by atoms with Crippen LogP contribution in [0.2, 0.25) is 0 Å². The predicted octanol–water partition coefficient (Wildman–Crippen LogP) is 5.85. The smallest absolute Gasteiger partial charge is 0.265 e. The van der Waals surface area contributed by atoms with E-state index in [2.05, 4.69) is 20.4 Å². The van der Waals surface area contributed by atoms with Crippen LogP contribution in [0.1, 0.15) is 26.6 Å². The number of aryl methyl sites for hydroxylation is 1. The van der Waals surface area contributed by atoms with Gasteiger partial charge in [-0.1, -0.05) is 18.2 Å². The molecule has 5 aromatic rings. The van der Waals surface area contributed by atoms with Crippen LogP contribution < -0.4 is 10.1 Å². The minimum absolute atomic E-state index is 0.134. The van der Waals surface area contributed by atoms with Gasteiger partial charge in [0.1, 0.15) is 12.1 Å². The minimum Gasteiger partial charge on any atom is -0.439 e. The lowest BCUT2D eigenvalue weighted by Crippen LogP contribution is -2.09. The first-order valence-electron chi connectivity index (χ1n) is 10.4. The van der Waals surface area contributed by atoms with Crippen molar-refractivity contribution in [3.05, 3.63) is 88.8 Å². The van der Waals surface area contributed by atoms with Crippen LogP contribution in [-0.2, 0) is 0 Å². The van der Waals surface area contributed by atoms with E-state index in [-0.39, 0.29) is 5.91 Å². The lowest BCUT2D eigenvalue weighted by atomic mass is 10.2. The molecule has 0 aliphatic rings. The Morgan fingerprint density at radius 2 is 1.79 bits per heavy atom. The number of fused-ring (bicyclic) bond motifs is 1. The zero-order chi connectivity index (χ0) is 22.9. The first kappa shape index (κ1) is 20.8. The molecule has 0 bridgehead atoms. The molecule has 5 rings (SSSR count). The number of nitrogens with one attached hydrogen (secondary N) is 1. The maximum atomic E-state index is 12.6. The standard InChI is InChI=1S/C25H21N5O2S/c1-15-16(2)29-30(17(15)3)23-13-24(27-14-26-23)32-20-10-8-19(9-11-20)28-25(31)22-12-18-6-4-5-7-21(18)33-22/h4-14H,1-3H3,(H,28,31). The van der Waals surface area contributed by atoms with Gasteiger partial charge in [-0.05, 0) is 68.1 Å². The molecular weight excluding hydrogens is 434 g/mol. The average molecular weight is 456 g/mol. The molecule has 1 amide bonds. The Kier molecular flexibility index (Phi) is 5.35. The molecule has 0 saturated carbocycles. The van der Waals surface area contributed by atoms with E-state index in [9.17, 15) is 4.79 Å². The fourth-order valence-corrected chi connectivity index (χ4v) is 4.42. The molecule has 1 N–H and O–H groups in total. The van der Waals surface area contributed by atoms with Crippen LogP contribution in [0, 0.1) is 20.8 Å². The van der Waals surface area contributed by atoms with Crippen LogP contribution in [0.4, 0.5) is 5.69 Å². The molecule has 0 spiro atoms. The molecule has 3 aromatic heterocycles. The molecule has 2 aromatic carbocycles. The predicted molar refractivity (Wildman–Crippen MR) is 130 cm³/mol.